The normalized spacial score (nSPS) is 12.0. The van der Waals surface area contributed by atoms with Gasteiger partial charge in [-0.15, -0.1) is 12.4 Å². The van der Waals surface area contributed by atoms with Gasteiger partial charge < -0.3 is 5.32 Å². The predicted octanol–water partition coefficient (Wildman–Crippen LogP) is 2.15. The Labute approximate surface area is 126 Å². The van der Waals surface area contributed by atoms with E-state index < -0.39 is 32.5 Å². The highest BCUT2D eigenvalue weighted by molar-refractivity contribution is 7.89. The molecule has 0 radical (unpaired) electrons. The molecular weight excluding hydrogens is 336 g/mol. The van der Waals surface area contributed by atoms with Crippen LogP contribution in [0.2, 0.25) is 0 Å². The van der Waals surface area contributed by atoms with E-state index in [2.05, 4.69) is 10.0 Å². The molecule has 0 aromatic heterocycles. The molecule has 0 aliphatic heterocycles. The molecule has 0 heterocycles. The third-order valence-electron chi connectivity index (χ3n) is 2.40. The van der Waals surface area contributed by atoms with Gasteiger partial charge >= 0.3 is 6.18 Å². The van der Waals surface area contributed by atoms with Crippen molar-refractivity contribution in [2.24, 2.45) is 0 Å². The Kier molecular flexibility index (Phi) is 7.58. The lowest BCUT2D eigenvalue weighted by Crippen LogP contribution is -2.32. The van der Waals surface area contributed by atoms with Gasteiger partial charge in [-0.3, -0.25) is 0 Å². The lowest BCUT2D eigenvalue weighted by Gasteiger charge is -2.11. The molecule has 4 nitrogen and oxygen atoms in total. The monoisotopic (exact) mass is 350 g/mol. The van der Waals surface area contributed by atoms with E-state index in [0.717, 1.165) is 6.07 Å². The highest BCUT2D eigenvalue weighted by atomic mass is 35.5. The lowest BCUT2D eigenvalue weighted by molar-refractivity contribution is -0.140. The molecule has 1 aromatic rings. The number of benzene rings is 1. The Balaban J connectivity index is 0.00000400. The fraction of sp³-hybridized carbons (Fsp3) is 0.455. The molecular formula is C11H15ClF4N2O2S. The van der Waals surface area contributed by atoms with Crippen molar-refractivity contribution in [2.75, 3.05) is 19.6 Å². The number of alkyl halides is 3. The van der Waals surface area contributed by atoms with Gasteiger partial charge in [0.25, 0.3) is 0 Å². The second kappa shape index (κ2) is 7.92. The van der Waals surface area contributed by atoms with Crippen LogP contribution in [-0.4, -0.2) is 28.1 Å². The number of likely N-dealkylation sites (N-methyl/N-ethyl adjacent to an activating group) is 1. The summed E-state index contributed by atoms with van der Waals surface area (Å²) in [5, 5.41) is 2.85. The van der Waals surface area contributed by atoms with Gasteiger partial charge in [0.1, 0.15) is 5.82 Å². The van der Waals surface area contributed by atoms with Crippen LogP contribution in [0.25, 0.3) is 0 Å². The average molecular weight is 351 g/mol. The first kappa shape index (κ1) is 20.1. The molecule has 0 saturated carbocycles. The lowest BCUT2D eigenvalue weighted by atomic mass is 10.2. The van der Waals surface area contributed by atoms with Crippen molar-refractivity contribution < 1.29 is 26.0 Å². The van der Waals surface area contributed by atoms with E-state index in [0.29, 0.717) is 19.2 Å². The van der Waals surface area contributed by atoms with Crippen LogP contribution in [0.15, 0.2) is 23.1 Å². The molecule has 0 bridgehead atoms. The van der Waals surface area contributed by atoms with E-state index in [1.165, 1.54) is 0 Å². The number of hydrogen-bond acceptors (Lipinski definition) is 3. The maximum absolute atomic E-state index is 13.1. The fourth-order valence-electron chi connectivity index (χ4n) is 1.42. The van der Waals surface area contributed by atoms with Crippen molar-refractivity contribution in [3.63, 3.8) is 0 Å². The molecule has 1 aromatic carbocycles. The molecule has 0 atom stereocenters. The summed E-state index contributed by atoms with van der Waals surface area (Å²) in [4.78, 5) is -0.622. The van der Waals surface area contributed by atoms with Crippen LogP contribution < -0.4 is 10.0 Å². The second-order valence-electron chi connectivity index (χ2n) is 3.89. The summed E-state index contributed by atoms with van der Waals surface area (Å²) in [7, 11) is -4.10. The SMILES string of the molecule is CCNCCNS(=O)(=O)c1ccc(F)c(C(F)(F)F)c1.Cl. The van der Waals surface area contributed by atoms with E-state index in [-0.39, 0.29) is 25.0 Å². The Bertz CT molecular complexity index is 564. The molecule has 0 spiro atoms. The summed E-state index contributed by atoms with van der Waals surface area (Å²) in [5.74, 6) is -1.51. The van der Waals surface area contributed by atoms with Gasteiger partial charge in [0.05, 0.1) is 10.5 Å². The number of halogens is 5. The summed E-state index contributed by atoms with van der Waals surface area (Å²) in [6.45, 7) is 2.82. The molecule has 0 saturated heterocycles. The smallest absolute Gasteiger partial charge is 0.316 e. The van der Waals surface area contributed by atoms with Gasteiger partial charge in [-0.25, -0.2) is 17.5 Å². The first-order valence-electron chi connectivity index (χ1n) is 5.75. The zero-order valence-electron chi connectivity index (χ0n) is 11.0. The standard InChI is InChI=1S/C11H14F4N2O2S.ClH/c1-2-16-5-6-17-20(18,19)8-3-4-10(12)9(7-8)11(13,14)15;/h3-4,7,16-17H,2,5-6H2,1H3;1H. The molecule has 0 amide bonds. The molecule has 0 unspecified atom stereocenters. The summed E-state index contributed by atoms with van der Waals surface area (Å²) >= 11 is 0. The molecule has 0 fully saturated rings. The fourth-order valence-corrected chi connectivity index (χ4v) is 2.48. The van der Waals surface area contributed by atoms with Crippen LogP contribution in [0.4, 0.5) is 17.6 Å². The van der Waals surface area contributed by atoms with Crippen molar-refractivity contribution in [1.82, 2.24) is 10.0 Å². The third-order valence-corrected chi connectivity index (χ3v) is 3.86. The van der Waals surface area contributed by atoms with Crippen molar-refractivity contribution in [3.8, 4) is 0 Å². The molecule has 21 heavy (non-hydrogen) atoms. The quantitative estimate of drug-likeness (QED) is 0.610. The van der Waals surface area contributed by atoms with Crippen molar-refractivity contribution in [2.45, 2.75) is 18.0 Å². The minimum absolute atomic E-state index is 0. The molecule has 122 valence electrons. The highest BCUT2D eigenvalue weighted by Gasteiger charge is 2.35. The van der Waals surface area contributed by atoms with Gasteiger partial charge in [0.15, 0.2) is 0 Å². The van der Waals surface area contributed by atoms with Gasteiger partial charge in [-0.2, -0.15) is 13.2 Å². The number of rotatable bonds is 6. The number of hydrogen-bond donors (Lipinski definition) is 2. The molecule has 1 rings (SSSR count). The maximum atomic E-state index is 13.1. The first-order valence-corrected chi connectivity index (χ1v) is 7.24. The first-order chi connectivity index (χ1) is 9.18. The Morgan fingerprint density at radius 1 is 1.19 bits per heavy atom. The minimum Gasteiger partial charge on any atom is -0.316 e. The highest BCUT2D eigenvalue weighted by Crippen LogP contribution is 2.32. The summed E-state index contributed by atoms with van der Waals surface area (Å²) in [5.41, 5.74) is -1.60. The van der Waals surface area contributed by atoms with Crippen molar-refractivity contribution in [1.29, 1.82) is 0 Å². The van der Waals surface area contributed by atoms with E-state index in [1.54, 1.807) is 0 Å². The average Bonchev–Trinajstić information content (AvgIpc) is 2.33. The number of nitrogens with one attached hydrogen (secondary N) is 2. The predicted molar refractivity (Wildman–Crippen MR) is 72.4 cm³/mol. The van der Waals surface area contributed by atoms with E-state index in [4.69, 9.17) is 0 Å². The van der Waals surface area contributed by atoms with E-state index in [1.807, 2.05) is 6.92 Å². The second-order valence-corrected chi connectivity index (χ2v) is 5.66. The Hall–Kier alpha value is -0.900. The van der Waals surface area contributed by atoms with Crippen LogP contribution in [0, 0.1) is 5.82 Å². The van der Waals surface area contributed by atoms with Crippen LogP contribution >= 0.6 is 12.4 Å². The van der Waals surface area contributed by atoms with Crippen LogP contribution in [0.1, 0.15) is 12.5 Å². The molecule has 2 N–H and O–H groups in total. The van der Waals surface area contributed by atoms with Crippen LogP contribution in [0.5, 0.6) is 0 Å². The molecule has 0 aliphatic rings. The van der Waals surface area contributed by atoms with Gasteiger partial charge in [0, 0.05) is 13.1 Å². The zero-order chi connectivity index (χ0) is 15.4. The molecule has 0 aliphatic carbocycles. The minimum atomic E-state index is -4.95. The van der Waals surface area contributed by atoms with Gasteiger partial charge in [0.2, 0.25) is 10.0 Å². The van der Waals surface area contributed by atoms with Gasteiger partial charge in [-0.1, -0.05) is 6.92 Å². The summed E-state index contributed by atoms with van der Waals surface area (Å²) in [6, 6.07) is 1.56. The zero-order valence-corrected chi connectivity index (χ0v) is 12.6. The number of sulfonamides is 1. The Morgan fingerprint density at radius 3 is 2.33 bits per heavy atom. The van der Waals surface area contributed by atoms with E-state index in [9.17, 15) is 26.0 Å². The van der Waals surface area contributed by atoms with Crippen molar-refractivity contribution in [3.05, 3.63) is 29.6 Å². The Morgan fingerprint density at radius 2 is 1.81 bits per heavy atom. The van der Waals surface area contributed by atoms with E-state index >= 15 is 0 Å². The third kappa shape index (κ3) is 5.77. The maximum Gasteiger partial charge on any atom is 0.419 e. The van der Waals surface area contributed by atoms with Crippen LogP contribution in [0.3, 0.4) is 0 Å². The summed E-state index contributed by atoms with van der Waals surface area (Å²) in [6.07, 6.45) is -4.95. The van der Waals surface area contributed by atoms with Gasteiger partial charge in [-0.05, 0) is 24.7 Å². The molecule has 10 heteroatoms. The largest absolute Gasteiger partial charge is 0.419 e. The van der Waals surface area contributed by atoms with Crippen LogP contribution in [-0.2, 0) is 16.2 Å². The van der Waals surface area contributed by atoms with Crippen molar-refractivity contribution >= 4 is 22.4 Å². The topological polar surface area (TPSA) is 58.2 Å². The summed E-state index contributed by atoms with van der Waals surface area (Å²) < 4.78 is 76.2.